The molecule has 0 aromatic heterocycles. The van der Waals surface area contributed by atoms with E-state index in [4.69, 9.17) is 21.3 Å². The Bertz CT molecular complexity index is 1260. The minimum Gasteiger partial charge on any atom is -0.481 e. The number of likely N-dealkylation sites (tertiary alicyclic amines) is 2. The van der Waals surface area contributed by atoms with Crippen molar-refractivity contribution in [2.75, 3.05) is 58.3 Å². The van der Waals surface area contributed by atoms with Gasteiger partial charge < -0.3 is 24.8 Å². The summed E-state index contributed by atoms with van der Waals surface area (Å²) >= 11 is 6.66. The van der Waals surface area contributed by atoms with E-state index in [0.29, 0.717) is 12.1 Å². The summed E-state index contributed by atoms with van der Waals surface area (Å²) in [5.74, 6) is 1.84. The molecule has 2 atom stereocenters. The van der Waals surface area contributed by atoms with Gasteiger partial charge in [-0.2, -0.15) is 4.99 Å². The molecule has 3 fully saturated rings. The van der Waals surface area contributed by atoms with Crippen molar-refractivity contribution in [3.63, 3.8) is 0 Å². The Morgan fingerprint density at radius 3 is 2.39 bits per heavy atom. The van der Waals surface area contributed by atoms with Crippen LogP contribution in [0.15, 0.2) is 64.5 Å². The van der Waals surface area contributed by atoms with Crippen molar-refractivity contribution in [1.82, 2.24) is 15.1 Å². The molecule has 41 heavy (non-hydrogen) atoms. The lowest BCUT2D eigenvalue weighted by atomic mass is 9.97. The summed E-state index contributed by atoms with van der Waals surface area (Å²) in [6, 6.07) is 13.7. The monoisotopic (exact) mass is 577 g/mol. The molecule has 7 heteroatoms. The van der Waals surface area contributed by atoms with Gasteiger partial charge in [-0.1, -0.05) is 49.2 Å². The number of fused-ring (bicyclic) bond motifs is 3. The van der Waals surface area contributed by atoms with Gasteiger partial charge in [0, 0.05) is 49.3 Å². The van der Waals surface area contributed by atoms with Crippen LogP contribution in [-0.2, 0) is 4.74 Å². The summed E-state index contributed by atoms with van der Waals surface area (Å²) in [5, 5.41) is 6.91. The van der Waals surface area contributed by atoms with Crippen LogP contribution in [0.5, 0.6) is 0 Å². The fourth-order valence-corrected chi connectivity index (χ4v) is 6.97. The maximum atomic E-state index is 6.66. The van der Waals surface area contributed by atoms with Gasteiger partial charge in [-0.05, 0) is 100 Å². The van der Waals surface area contributed by atoms with E-state index in [0.717, 1.165) is 67.6 Å². The Morgan fingerprint density at radius 1 is 1.07 bits per heavy atom. The molecule has 0 radical (unpaired) electrons. The standard InChI is InChI=1S/C29H37ClN4O.C5H11N/c1-4-5-12-27(35-3)32-29(34-18-22-13-14-23(19-34)31-22)24-15-16-33(17-20(24)2)26-11-7-9-21-8-6-10-25(30)28(21)26;1-6-4-2-3-5-6/h6-12,22-23,31H,4-5,13-19H2,1-3H3;2-5H2,1H3/b27-12-,32-29+;. The van der Waals surface area contributed by atoms with Gasteiger partial charge in [0.15, 0.2) is 0 Å². The van der Waals surface area contributed by atoms with Crippen molar-refractivity contribution in [3.05, 3.63) is 64.5 Å². The normalized spacial score (nSPS) is 23.7. The predicted molar refractivity (Wildman–Crippen MR) is 174 cm³/mol. The van der Waals surface area contributed by atoms with Crippen LogP contribution in [0.2, 0.25) is 5.02 Å². The molecule has 2 bridgehead atoms. The van der Waals surface area contributed by atoms with Crippen LogP contribution in [-0.4, -0.2) is 81.1 Å². The molecule has 2 aromatic rings. The summed E-state index contributed by atoms with van der Waals surface area (Å²) < 4.78 is 5.70. The zero-order valence-corrected chi connectivity index (χ0v) is 26.2. The molecule has 6 rings (SSSR count). The second-order valence-corrected chi connectivity index (χ2v) is 12.5. The van der Waals surface area contributed by atoms with Crippen molar-refractivity contribution in [2.45, 2.75) is 70.9 Å². The number of hydrogen-bond donors (Lipinski definition) is 1. The smallest absolute Gasteiger partial charge is 0.210 e. The number of benzene rings is 2. The maximum absolute atomic E-state index is 6.66. The van der Waals surface area contributed by atoms with Crippen LogP contribution < -0.4 is 10.2 Å². The van der Waals surface area contributed by atoms with Gasteiger partial charge in [0.05, 0.1) is 12.1 Å². The maximum Gasteiger partial charge on any atom is 0.210 e. The number of hydrogen-bond acceptors (Lipinski definition) is 5. The van der Waals surface area contributed by atoms with Gasteiger partial charge in [0.25, 0.3) is 0 Å². The number of rotatable bonds is 6. The first kappa shape index (κ1) is 29.9. The fraction of sp³-hybridized carbons (Fsp3) is 0.559. The third-order valence-electron chi connectivity index (χ3n) is 8.90. The molecule has 0 amide bonds. The highest BCUT2D eigenvalue weighted by atomic mass is 35.5. The number of unbranched alkanes of at least 4 members (excludes halogenated alkanes) is 1. The van der Waals surface area contributed by atoms with Gasteiger partial charge in [0.1, 0.15) is 5.84 Å². The number of piperazine rings is 1. The third-order valence-corrected chi connectivity index (χ3v) is 9.21. The van der Waals surface area contributed by atoms with Crippen LogP contribution in [0.1, 0.15) is 58.8 Å². The molecule has 4 heterocycles. The SMILES string of the molecule is CCC/C=C(/N=C(\C1=C(C)CN(c2cccc3cccc(Cl)c23)CC1)N1CC2CCC(C1)N2)OC.CN1CCCC1. The van der Waals surface area contributed by atoms with Crippen LogP contribution >= 0.6 is 11.6 Å². The highest BCUT2D eigenvalue weighted by Crippen LogP contribution is 2.36. The Morgan fingerprint density at radius 2 is 1.78 bits per heavy atom. The average Bonchev–Trinajstić information content (AvgIpc) is 3.60. The lowest BCUT2D eigenvalue weighted by Crippen LogP contribution is -2.54. The zero-order chi connectivity index (χ0) is 28.8. The first-order chi connectivity index (χ1) is 20.0. The van der Waals surface area contributed by atoms with E-state index in [2.05, 4.69) is 71.3 Å². The number of nitrogens with zero attached hydrogens (tertiary/aromatic N) is 4. The van der Waals surface area contributed by atoms with Crippen molar-refractivity contribution >= 4 is 33.9 Å². The summed E-state index contributed by atoms with van der Waals surface area (Å²) in [6.07, 6.45) is 10.5. The van der Waals surface area contributed by atoms with E-state index < -0.39 is 0 Å². The van der Waals surface area contributed by atoms with E-state index >= 15 is 0 Å². The van der Waals surface area contributed by atoms with Crippen LogP contribution in [0, 0.1) is 0 Å². The predicted octanol–water partition coefficient (Wildman–Crippen LogP) is 6.85. The van der Waals surface area contributed by atoms with E-state index in [-0.39, 0.29) is 0 Å². The van der Waals surface area contributed by atoms with Crippen molar-refractivity contribution in [2.24, 2.45) is 4.99 Å². The second kappa shape index (κ2) is 14.1. The molecular formula is C34H48ClN5O. The van der Waals surface area contributed by atoms with Gasteiger partial charge in [-0.15, -0.1) is 0 Å². The molecule has 0 saturated carbocycles. The molecule has 4 aliphatic heterocycles. The number of ether oxygens (including phenoxy) is 1. The zero-order valence-electron chi connectivity index (χ0n) is 25.5. The minimum absolute atomic E-state index is 0.559. The number of halogens is 1. The molecule has 222 valence electrons. The molecule has 0 aliphatic carbocycles. The second-order valence-electron chi connectivity index (χ2n) is 12.1. The number of aliphatic imine (C=N–C) groups is 1. The number of amidine groups is 1. The lowest BCUT2D eigenvalue weighted by molar-refractivity contribution is 0.272. The highest BCUT2D eigenvalue weighted by Gasteiger charge is 2.35. The number of nitrogens with one attached hydrogen (secondary N) is 1. The van der Waals surface area contributed by atoms with Crippen LogP contribution in [0.3, 0.4) is 0 Å². The fourth-order valence-electron chi connectivity index (χ4n) is 6.69. The van der Waals surface area contributed by atoms with Gasteiger partial charge >= 0.3 is 0 Å². The number of allylic oxidation sites excluding steroid dienone is 1. The summed E-state index contributed by atoms with van der Waals surface area (Å²) in [6.45, 7) is 10.9. The van der Waals surface area contributed by atoms with Crippen LogP contribution in [0.4, 0.5) is 5.69 Å². The minimum atomic E-state index is 0.559. The number of anilines is 1. The molecule has 1 N–H and O–H groups in total. The molecule has 4 aliphatic rings. The summed E-state index contributed by atoms with van der Waals surface area (Å²) in [5.41, 5.74) is 3.95. The molecule has 3 saturated heterocycles. The largest absolute Gasteiger partial charge is 0.481 e. The van der Waals surface area contributed by atoms with E-state index in [9.17, 15) is 0 Å². The lowest BCUT2D eigenvalue weighted by Gasteiger charge is -2.39. The Labute approximate surface area is 252 Å². The average molecular weight is 578 g/mol. The Hall–Kier alpha value is -2.54. The van der Waals surface area contributed by atoms with Crippen molar-refractivity contribution in [1.29, 1.82) is 0 Å². The molecule has 6 nitrogen and oxygen atoms in total. The van der Waals surface area contributed by atoms with Crippen molar-refractivity contribution in [3.8, 4) is 0 Å². The third kappa shape index (κ3) is 7.28. The quantitative estimate of drug-likeness (QED) is 0.231. The van der Waals surface area contributed by atoms with E-state index in [1.165, 1.54) is 61.0 Å². The Balaban J connectivity index is 0.000000500. The summed E-state index contributed by atoms with van der Waals surface area (Å²) in [7, 11) is 3.91. The highest BCUT2D eigenvalue weighted by molar-refractivity contribution is 6.36. The first-order valence-corrected chi connectivity index (χ1v) is 16.0. The topological polar surface area (TPSA) is 43.3 Å². The van der Waals surface area contributed by atoms with Crippen LogP contribution in [0.25, 0.3) is 10.8 Å². The molecular weight excluding hydrogens is 530 g/mol. The molecule has 2 unspecified atom stereocenters. The summed E-state index contributed by atoms with van der Waals surface area (Å²) in [4.78, 5) is 12.5. The van der Waals surface area contributed by atoms with Gasteiger partial charge in [0.2, 0.25) is 5.88 Å². The van der Waals surface area contributed by atoms with Gasteiger partial charge in [-0.25, -0.2) is 0 Å². The Kier molecular flexibility index (Phi) is 10.3. The molecule has 0 spiro atoms. The number of methoxy groups -OCH3 is 1. The molecule has 2 aromatic carbocycles. The van der Waals surface area contributed by atoms with E-state index in [1.807, 2.05) is 12.1 Å². The first-order valence-electron chi connectivity index (χ1n) is 15.6. The van der Waals surface area contributed by atoms with Gasteiger partial charge in [-0.3, -0.25) is 0 Å². The van der Waals surface area contributed by atoms with Crippen molar-refractivity contribution < 1.29 is 4.74 Å². The van der Waals surface area contributed by atoms with E-state index in [1.54, 1.807) is 7.11 Å².